The van der Waals surface area contributed by atoms with Crippen LogP contribution in [0.2, 0.25) is 0 Å². The van der Waals surface area contributed by atoms with E-state index in [0.717, 1.165) is 5.56 Å². The largest absolute Gasteiger partial charge is 0.462 e. The highest BCUT2D eigenvalue weighted by Gasteiger charge is 2.31. The molecule has 0 aliphatic carbocycles. The lowest BCUT2D eigenvalue weighted by Crippen LogP contribution is -2.17. The first kappa shape index (κ1) is 20.2. The van der Waals surface area contributed by atoms with E-state index in [1.807, 2.05) is 30.3 Å². The van der Waals surface area contributed by atoms with Crippen LogP contribution in [0.4, 0.5) is 5.88 Å². The molecule has 7 heteroatoms. The Labute approximate surface area is 157 Å². The van der Waals surface area contributed by atoms with Crippen molar-refractivity contribution >= 4 is 23.7 Å². The zero-order chi connectivity index (χ0) is 19.8. The molecule has 7 nitrogen and oxygen atoms in total. The van der Waals surface area contributed by atoms with E-state index in [2.05, 4.69) is 5.32 Å². The average Bonchev–Trinajstić information content (AvgIpc) is 2.97. The van der Waals surface area contributed by atoms with Crippen molar-refractivity contribution in [1.29, 1.82) is 0 Å². The molecule has 0 spiro atoms. The number of hydrogen-bond acceptors (Lipinski definition) is 6. The number of anilines is 1. The summed E-state index contributed by atoms with van der Waals surface area (Å²) < 4.78 is 15.5. The van der Waals surface area contributed by atoms with Gasteiger partial charge in [-0.05, 0) is 32.8 Å². The fourth-order valence-corrected chi connectivity index (χ4v) is 2.57. The molecule has 0 atom stereocenters. The molecule has 0 aliphatic rings. The summed E-state index contributed by atoms with van der Waals surface area (Å²) in [5.74, 6) is -1.72. The summed E-state index contributed by atoms with van der Waals surface area (Å²) in [6.45, 7) is 5.09. The third-order valence-corrected chi connectivity index (χ3v) is 3.78. The average molecular weight is 373 g/mol. The Bertz CT molecular complexity index is 809. The second kappa shape index (κ2) is 9.56. The third-order valence-electron chi connectivity index (χ3n) is 3.78. The summed E-state index contributed by atoms with van der Waals surface area (Å²) in [5.41, 5.74) is 0.857. The van der Waals surface area contributed by atoms with Gasteiger partial charge in [-0.3, -0.25) is 10.1 Å². The van der Waals surface area contributed by atoms with Gasteiger partial charge in [0, 0.05) is 6.42 Å². The molecular weight excluding hydrogens is 350 g/mol. The standard InChI is InChI=1S/C20H23NO6/c1-4-25-19(23)16-13(3)27-18(17(16)20(24)26-5-2)21-15(22)12-11-14-9-7-6-8-10-14/h6-10H,4-5,11-12H2,1-3H3,(H,21,22). The molecule has 1 amide bonds. The molecule has 0 fully saturated rings. The number of nitrogens with one attached hydrogen (secondary N) is 1. The van der Waals surface area contributed by atoms with Gasteiger partial charge in [0.15, 0.2) is 0 Å². The maximum Gasteiger partial charge on any atom is 0.344 e. The SMILES string of the molecule is CCOC(=O)c1c(C)oc(NC(=O)CCc2ccccc2)c1C(=O)OCC. The first-order valence-corrected chi connectivity index (χ1v) is 8.79. The monoisotopic (exact) mass is 373 g/mol. The van der Waals surface area contributed by atoms with E-state index in [1.54, 1.807) is 13.8 Å². The van der Waals surface area contributed by atoms with Crippen LogP contribution >= 0.6 is 0 Å². The van der Waals surface area contributed by atoms with Crippen LogP contribution in [0.25, 0.3) is 0 Å². The number of carbonyl (C=O) groups excluding carboxylic acids is 3. The highest BCUT2D eigenvalue weighted by molar-refractivity contribution is 6.09. The summed E-state index contributed by atoms with van der Waals surface area (Å²) in [5, 5.41) is 2.56. The number of aryl methyl sites for hydroxylation is 2. The normalized spacial score (nSPS) is 10.3. The smallest absolute Gasteiger partial charge is 0.344 e. The molecule has 2 aromatic rings. The van der Waals surface area contributed by atoms with Crippen LogP contribution in [0.3, 0.4) is 0 Å². The predicted molar refractivity (Wildman–Crippen MR) is 98.8 cm³/mol. The molecule has 0 saturated carbocycles. The van der Waals surface area contributed by atoms with Crippen molar-refractivity contribution in [2.75, 3.05) is 18.5 Å². The van der Waals surface area contributed by atoms with E-state index in [0.29, 0.717) is 6.42 Å². The molecule has 27 heavy (non-hydrogen) atoms. The van der Waals surface area contributed by atoms with Gasteiger partial charge in [0.2, 0.25) is 11.8 Å². The van der Waals surface area contributed by atoms with Gasteiger partial charge < -0.3 is 13.9 Å². The van der Waals surface area contributed by atoms with Gasteiger partial charge in [0.05, 0.1) is 13.2 Å². The molecule has 1 aromatic heterocycles. The van der Waals surface area contributed by atoms with Crippen molar-refractivity contribution in [3.05, 3.63) is 52.8 Å². The van der Waals surface area contributed by atoms with Gasteiger partial charge in [0.25, 0.3) is 0 Å². The highest BCUT2D eigenvalue weighted by atomic mass is 16.5. The highest BCUT2D eigenvalue weighted by Crippen LogP contribution is 2.29. The predicted octanol–water partition coefficient (Wildman–Crippen LogP) is 3.51. The Balaban J connectivity index is 2.21. The van der Waals surface area contributed by atoms with Gasteiger partial charge in [-0.25, -0.2) is 9.59 Å². The lowest BCUT2D eigenvalue weighted by molar-refractivity contribution is -0.116. The van der Waals surface area contributed by atoms with E-state index >= 15 is 0 Å². The third kappa shape index (κ3) is 5.20. The van der Waals surface area contributed by atoms with Crippen LogP contribution < -0.4 is 5.32 Å². The molecule has 1 aromatic carbocycles. The Kier molecular flexibility index (Phi) is 7.16. The first-order chi connectivity index (χ1) is 13.0. The number of carbonyl (C=O) groups is 3. The second-order valence-electron chi connectivity index (χ2n) is 5.71. The van der Waals surface area contributed by atoms with Gasteiger partial charge in [-0.15, -0.1) is 0 Å². The number of ether oxygens (including phenoxy) is 2. The Morgan fingerprint density at radius 1 is 0.963 bits per heavy atom. The minimum absolute atomic E-state index is 0.0336. The van der Waals surface area contributed by atoms with Gasteiger partial charge in [-0.1, -0.05) is 30.3 Å². The second-order valence-corrected chi connectivity index (χ2v) is 5.71. The zero-order valence-corrected chi connectivity index (χ0v) is 15.7. The lowest BCUT2D eigenvalue weighted by atomic mass is 10.1. The van der Waals surface area contributed by atoms with E-state index in [4.69, 9.17) is 13.9 Å². The van der Waals surface area contributed by atoms with Crippen LogP contribution in [0.5, 0.6) is 0 Å². The van der Waals surface area contributed by atoms with Crippen molar-refractivity contribution in [2.24, 2.45) is 0 Å². The van der Waals surface area contributed by atoms with E-state index in [9.17, 15) is 14.4 Å². The van der Waals surface area contributed by atoms with Crippen LogP contribution in [-0.2, 0) is 20.7 Å². The summed E-state index contributed by atoms with van der Waals surface area (Å²) in [7, 11) is 0. The first-order valence-electron chi connectivity index (χ1n) is 8.79. The van der Waals surface area contributed by atoms with E-state index in [-0.39, 0.29) is 48.3 Å². The van der Waals surface area contributed by atoms with Crippen molar-refractivity contribution in [1.82, 2.24) is 0 Å². The Morgan fingerprint density at radius 3 is 2.15 bits per heavy atom. The topological polar surface area (TPSA) is 94.8 Å². The zero-order valence-electron chi connectivity index (χ0n) is 15.7. The van der Waals surface area contributed by atoms with Crippen molar-refractivity contribution < 1.29 is 28.3 Å². The summed E-state index contributed by atoms with van der Waals surface area (Å²) >= 11 is 0. The fourth-order valence-electron chi connectivity index (χ4n) is 2.57. The van der Waals surface area contributed by atoms with Crippen LogP contribution in [0.15, 0.2) is 34.7 Å². The maximum absolute atomic E-state index is 12.3. The van der Waals surface area contributed by atoms with Crippen molar-refractivity contribution in [3.8, 4) is 0 Å². The lowest BCUT2D eigenvalue weighted by Gasteiger charge is -2.07. The molecule has 1 N–H and O–H groups in total. The maximum atomic E-state index is 12.3. The number of rotatable bonds is 8. The fraction of sp³-hybridized carbons (Fsp3) is 0.350. The van der Waals surface area contributed by atoms with Gasteiger partial charge >= 0.3 is 11.9 Å². The van der Waals surface area contributed by atoms with Gasteiger partial charge in [-0.2, -0.15) is 0 Å². The molecule has 0 saturated heterocycles. The minimum atomic E-state index is -0.754. The molecule has 0 unspecified atom stereocenters. The quantitative estimate of drug-likeness (QED) is 0.712. The van der Waals surface area contributed by atoms with E-state index in [1.165, 1.54) is 6.92 Å². The Morgan fingerprint density at radius 2 is 1.56 bits per heavy atom. The molecular formula is C20H23NO6. The van der Waals surface area contributed by atoms with Crippen molar-refractivity contribution in [2.45, 2.75) is 33.6 Å². The molecule has 2 rings (SSSR count). The molecule has 0 radical (unpaired) electrons. The van der Waals surface area contributed by atoms with Crippen molar-refractivity contribution in [3.63, 3.8) is 0 Å². The van der Waals surface area contributed by atoms with Crippen LogP contribution in [0, 0.1) is 6.92 Å². The molecule has 144 valence electrons. The number of hydrogen-bond donors (Lipinski definition) is 1. The van der Waals surface area contributed by atoms with Crippen LogP contribution in [-0.4, -0.2) is 31.1 Å². The number of benzene rings is 1. The summed E-state index contributed by atoms with van der Waals surface area (Å²) in [6.07, 6.45) is 0.729. The van der Waals surface area contributed by atoms with E-state index < -0.39 is 11.9 Å². The van der Waals surface area contributed by atoms with Crippen LogP contribution in [0.1, 0.15) is 52.3 Å². The summed E-state index contributed by atoms with van der Waals surface area (Å²) in [4.78, 5) is 36.8. The molecule has 1 heterocycles. The van der Waals surface area contributed by atoms with Gasteiger partial charge in [0.1, 0.15) is 16.9 Å². The molecule has 0 bridgehead atoms. The number of furan rings is 1. The summed E-state index contributed by atoms with van der Waals surface area (Å²) in [6, 6.07) is 9.54. The Hall–Kier alpha value is -3.09. The molecule has 0 aliphatic heterocycles. The number of amides is 1. The number of esters is 2. The minimum Gasteiger partial charge on any atom is -0.462 e.